The summed E-state index contributed by atoms with van der Waals surface area (Å²) >= 11 is 1.68. The molecule has 0 radical (unpaired) electrons. The minimum Gasteiger partial charge on any atom is -0.511 e. The maximum absolute atomic E-state index is 12.1. The van der Waals surface area contributed by atoms with Gasteiger partial charge >= 0.3 is 0 Å². The second kappa shape index (κ2) is 8.86. The fourth-order valence-corrected chi connectivity index (χ4v) is 4.82. The highest BCUT2D eigenvalue weighted by Crippen LogP contribution is 2.37. The highest BCUT2D eigenvalue weighted by molar-refractivity contribution is 7.99. The van der Waals surface area contributed by atoms with Crippen molar-refractivity contribution < 1.29 is 9.90 Å². The van der Waals surface area contributed by atoms with Crippen molar-refractivity contribution >= 4 is 17.7 Å². The van der Waals surface area contributed by atoms with Crippen LogP contribution in [0.2, 0.25) is 0 Å². The monoisotopic (exact) mass is 421 g/mol. The second-order valence-corrected chi connectivity index (χ2v) is 8.66. The topological polar surface area (TPSA) is 102 Å². The van der Waals surface area contributed by atoms with Crippen molar-refractivity contribution in [1.82, 2.24) is 20.2 Å². The van der Waals surface area contributed by atoms with E-state index in [-0.39, 0.29) is 17.4 Å². The van der Waals surface area contributed by atoms with Crippen LogP contribution in [-0.2, 0) is 17.8 Å². The molecule has 0 saturated carbocycles. The van der Waals surface area contributed by atoms with Gasteiger partial charge in [-0.2, -0.15) is 5.26 Å². The molecule has 2 N–H and O–H groups in total. The number of aromatic nitrogens is 2. The van der Waals surface area contributed by atoms with Gasteiger partial charge in [-0.1, -0.05) is 23.9 Å². The molecule has 154 valence electrons. The summed E-state index contributed by atoms with van der Waals surface area (Å²) in [5.41, 5.74) is 3.39. The number of benzene rings is 1. The summed E-state index contributed by atoms with van der Waals surface area (Å²) < 4.78 is 0. The number of nitrogens with one attached hydrogen (secondary N) is 1. The number of piperidine rings is 1. The number of hydrogen-bond donors (Lipinski definition) is 2. The van der Waals surface area contributed by atoms with Gasteiger partial charge in [0.25, 0.3) is 5.91 Å². The van der Waals surface area contributed by atoms with Crippen molar-refractivity contribution in [1.29, 1.82) is 5.26 Å². The van der Waals surface area contributed by atoms with Crippen LogP contribution in [0.4, 0.5) is 0 Å². The number of amides is 1. The number of fused-ring (bicyclic) bond motifs is 2. The zero-order valence-electron chi connectivity index (χ0n) is 16.8. The molecule has 3 heterocycles. The average molecular weight is 422 g/mol. The lowest BCUT2D eigenvalue weighted by Gasteiger charge is -2.32. The van der Waals surface area contributed by atoms with Crippen LogP contribution in [0, 0.1) is 11.3 Å². The predicted molar refractivity (Wildman–Crippen MR) is 113 cm³/mol. The van der Waals surface area contributed by atoms with E-state index in [1.807, 2.05) is 0 Å². The lowest BCUT2D eigenvalue weighted by Crippen LogP contribution is -2.44. The van der Waals surface area contributed by atoms with Crippen LogP contribution in [0.1, 0.15) is 36.6 Å². The number of hydrogen-bond acceptors (Lipinski definition) is 7. The molecule has 4 rings (SSSR count). The lowest BCUT2D eigenvalue weighted by atomic mass is 10.0. The van der Waals surface area contributed by atoms with E-state index in [1.165, 1.54) is 22.9 Å². The van der Waals surface area contributed by atoms with E-state index in [2.05, 4.69) is 38.4 Å². The smallest absolute Gasteiger partial charge is 0.265 e. The first kappa shape index (κ1) is 20.4. The van der Waals surface area contributed by atoms with Crippen LogP contribution in [0.25, 0.3) is 0 Å². The van der Waals surface area contributed by atoms with Gasteiger partial charge in [0.1, 0.15) is 16.9 Å². The Hall–Kier alpha value is -2.89. The molecule has 1 amide bonds. The summed E-state index contributed by atoms with van der Waals surface area (Å²) in [5.74, 6) is -0.738. The number of allylic oxidation sites excluding steroid dienone is 1. The molecule has 0 spiro atoms. The molecular formula is C22H23N5O2S. The van der Waals surface area contributed by atoms with Crippen LogP contribution in [0.5, 0.6) is 0 Å². The SMILES string of the molecule is C/C(O)=C(/C#N)C(=O)NC1CCN(Cc2ccc3c(c2)Cc2nccnc2S3)CC1. The van der Waals surface area contributed by atoms with E-state index in [9.17, 15) is 9.90 Å². The standard InChI is InChI=1S/C22H23N5O2S/c1-14(28)18(12-23)21(29)26-17-4-8-27(9-5-17)13-15-2-3-20-16(10-15)11-19-22(30-20)25-7-6-24-19/h2-3,6-7,10,17,28H,4-5,8-9,11,13H2,1H3,(H,26,29)/b18-14+. The molecule has 2 aliphatic heterocycles. The first-order valence-electron chi connectivity index (χ1n) is 9.96. The maximum Gasteiger partial charge on any atom is 0.265 e. The van der Waals surface area contributed by atoms with Crippen molar-refractivity contribution in [3.8, 4) is 6.07 Å². The molecule has 2 aliphatic rings. The number of nitriles is 1. The van der Waals surface area contributed by atoms with E-state index in [0.717, 1.165) is 49.6 Å². The van der Waals surface area contributed by atoms with Gasteiger partial charge in [-0.05, 0) is 37.0 Å². The first-order valence-corrected chi connectivity index (χ1v) is 10.8. The summed E-state index contributed by atoms with van der Waals surface area (Å²) in [5, 5.41) is 22.3. The third-order valence-corrected chi connectivity index (χ3v) is 6.61. The third kappa shape index (κ3) is 4.48. The van der Waals surface area contributed by atoms with E-state index < -0.39 is 5.91 Å². The number of carbonyl (C=O) groups excluding carboxylic acids is 1. The summed E-state index contributed by atoms with van der Waals surface area (Å²) in [6.45, 7) is 3.96. The number of aliphatic hydroxyl groups excluding tert-OH is 1. The summed E-state index contributed by atoms with van der Waals surface area (Å²) in [7, 11) is 0. The third-order valence-electron chi connectivity index (χ3n) is 5.45. The van der Waals surface area contributed by atoms with Gasteiger partial charge in [0, 0.05) is 49.4 Å². The van der Waals surface area contributed by atoms with Crippen LogP contribution < -0.4 is 5.32 Å². The van der Waals surface area contributed by atoms with Crippen LogP contribution >= 0.6 is 11.8 Å². The van der Waals surface area contributed by atoms with Gasteiger partial charge in [-0.15, -0.1) is 0 Å². The zero-order chi connectivity index (χ0) is 21.1. The Balaban J connectivity index is 1.33. The van der Waals surface area contributed by atoms with E-state index in [1.54, 1.807) is 30.2 Å². The Kier molecular flexibility index (Phi) is 6.02. The molecular weight excluding hydrogens is 398 g/mol. The number of likely N-dealkylation sites (tertiary alicyclic amines) is 1. The Labute approximate surface area is 179 Å². The molecule has 8 heteroatoms. The number of nitrogens with zero attached hydrogens (tertiary/aromatic N) is 4. The van der Waals surface area contributed by atoms with Crippen LogP contribution in [0.3, 0.4) is 0 Å². The van der Waals surface area contributed by atoms with Gasteiger partial charge in [-0.3, -0.25) is 14.7 Å². The largest absolute Gasteiger partial charge is 0.511 e. The van der Waals surface area contributed by atoms with Gasteiger partial charge < -0.3 is 10.4 Å². The number of carbonyl (C=O) groups is 1. The van der Waals surface area contributed by atoms with Crippen LogP contribution in [0.15, 0.2) is 51.8 Å². The average Bonchev–Trinajstić information content (AvgIpc) is 2.74. The Morgan fingerprint density at radius 2 is 2.10 bits per heavy atom. The fourth-order valence-electron chi connectivity index (χ4n) is 3.86. The molecule has 7 nitrogen and oxygen atoms in total. The number of rotatable bonds is 4. The molecule has 0 atom stereocenters. The molecule has 0 bridgehead atoms. The molecule has 1 aromatic carbocycles. The normalized spacial score (nSPS) is 17.3. The minimum absolute atomic E-state index is 0.0199. The molecule has 1 saturated heterocycles. The van der Waals surface area contributed by atoms with E-state index in [4.69, 9.17) is 5.26 Å². The Morgan fingerprint density at radius 3 is 2.83 bits per heavy atom. The predicted octanol–water partition coefficient (Wildman–Crippen LogP) is 2.97. The van der Waals surface area contributed by atoms with E-state index >= 15 is 0 Å². The summed E-state index contributed by atoms with van der Waals surface area (Å²) in [6.07, 6.45) is 5.93. The van der Waals surface area contributed by atoms with Gasteiger partial charge in [0.15, 0.2) is 5.57 Å². The van der Waals surface area contributed by atoms with Crippen molar-refractivity contribution in [3.63, 3.8) is 0 Å². The molecule has 30 heavy (non-hydrogen) atoms. The Morgan fingerprint density at radius 1 is 1.33 bits per heavy atom. The zero-order valence-corrected chi connectivity index (χ0v) is 17.6. The summed E-state index contributed by atoms with van der Waals surface area (Å²) in [6, 6.07) is 8.40. The lowest BCUT2D eigenvalue weighted by molar-refractivity contribution is -0.118. The van der Waals surface area contributed by atoms with Gasteiger partial charge in [-0.25, -0.2) is 4.98 Å². The van der Waals surface area contributed by atoms with Crippen LogP contribution in [-0.4, -0.2) is 45.0 Å². The molecule has 0 unspecified atom stereocenters. The second-order valence-electron chi connectivity index (χ2n) is 7.63. The molecule has 1 aromatic heterocycles. The molecule has 2 aromatic rings. The van der Waals surface area contributed by atoms with Crippen molar-refractivity contribution in [2.75, 3.05) is 13.1 Å². The quantitative estimate of drug-likeness (QED) is 0.379. The van der Waals surface area contributed by atoms with Gasteiger partial charge in [0.2, 0.25) is 0 Å². The fraction of sp³-hybridized carbons (Fsp3) is 0.364. The van der Waals surface area contributed by atoms with Crippen molar-refractivity contribution in [2.24, 2.45) is 0 Å². The van der Waals surface area contributed by atoms with Gasteiger partial charge in [0.05, 0.1) is 5.69 Å². The van der Waals surface area contributed by atoms with E-state index in [0.29, 0.717) is 0 Å². The molecule has 1 fully saturated rings. The summed E-state index contributed by atoms with van der Waals surface area (Å²) in [4.78, 5) is 24.6. The van der Waals surface area contributed by atoms with Crippen molar-refractivity contribution in [2.45, 2.75) is 48.7 Å². The number of aliphatic hydroxyl groups is 1. The minimum atomic E-state index is -0.494. The molecule has 0 aliphatic carbocycles. The Bertz CT molecular complexity index is 1030. The highest BCUT2D eigenvalue weighted by atomic mass is 32.2. The van der Waals surface area contributed by atoms with Crippen molar-refractivity contribution in [3.05, 3.63) is 58.7 Å². The highest BCUT2D eigenvalue weighted by Gasteiger charge is 2.24. The first-order chi connectivity index (χ1) is 14.5. The maximum atomic E-state index is 12.1.